The van der Waals surface area contributed by atoms with Crippen LogP contribution in [0.25, 0.3) is 0 Å². The van der Waals surface area contributed by atoms with Crippen LogP contribution in [0.15, 0.2) is 83.8 Å². The summed E-state index contributed by atoms with van der Waals surface area (Å²) in [7, 11) is -3.98. The molecule has 3 aromatic rings. The van der Waals surface area contributed by atoms with Crippen molar-refractivity contribution in [1.29, 1.82) is 0 Å². The molecule has 3 aromatic carbocycles. The van der Waals surface area contributed by atoms with Crippen molar-refractivity contribution in [2.75, 3.05) is 10.8 Å². The van der Waals surface area contributed by atoms with Gasteiger partial charge >= 0.3 is 0 Å². The normalized spacial score (nSPS) is 12.2. The van der Waals surface area contributed by atoms with E-state index in [1.807, 2.05) is 37.3 Å². The third kappa shape index (κ3) is 5.46. The molecule has 162 valence electrons. The number of carbonyl (C=O) groups excluding carboxylic acids is 1. The van der Waals surface area contributed by atoms with Crippen LogP contribution in [0, 0.1) is 6.92 Å². The molecule has 1 atom stereocenters. The number of amides is 1. The fourth-order valence-electron chi connectivity index (χ4n) is 3.35. The highest BCUT2D eigenvalue weighted by molar-refractivity contribution is 7.92. The Hall–Kier alpha value is -2.83. The highest BCUT2D eigenvalue weighted by Gasteiger charge is 2.29. The van der Waals surface area contributed by atoms with Gasteiger partial charge in [-0.2, -0.15) is 0 Å². The number of hydrogen-bond acceptors (Lipinski definition) is 3. The van der Waals surface area contributed by atoms with Crippen LogP contribution in [0.2, 0.25) is 5.02 Å². The number of halogens is 1. The molecule has 0 aliphatic heterocycles. The number of aryl methyl sites for hydroxylation is 1. The first-order chi connectivity index (χ1) is 14.8. The van der Waals surface area contributed by atoms with Crippen molar-refractivity contribution in [2.24, 2.45) is 0 Å². The van der Waals surface area contributed by atoms with E-state index in [-0.39, 0.29) is 17.5 Å². The Kier molecular flexibility index (Phi) is 7.36. The van der Waals surface area contributed by atoms with E-state index in [2.05, 4.69) is 5.32 Å². The van der Waals surface area contributed by atoms with Crippen molar-refractivity contribution >= 4 is 33.2 Å². The molecule has 1 N–H and O–H groups in total. The van der Waals surface area contributed by atoms with Crippen LogP contribution in [-0.4, -0.2) is 20.9 Å². The second kappa shape index (κ2) is 9.98. The van der Waals surface area contributed by atoms with E-state index in [0.29, 0.717) is 22.7 Å². The first-order valence-corrected chi connectivity index (χ1v) is 11.8. The van der Waals surface area contributed by atoms with Crippen molar-refractivity contribution in [3.8, 4) is 0 Å². The second-order valence-corrected chi connectivity index (χ2v) is 9.49. The number of sulfonamides is 1. The van der Waals surface area contributed by atoms with Crippen molar-refractivity contribution < 1.29 is 13.2 Å². The van der Waals surface area contributed by atoms with Crippen molar-refractivity contribution in [2.45, 2.75) is 31.2 Å². The minimum atomic E-state index is -3.98. The molecule has 0 spiro atoms. The molecule has 0 aliphatic carbocycles. The van der Waals surface area contributed by atoms with Gasteiger partial charge < -0.3 is 5.32 Å². The summed E-state index contributed by atoms with van der Waals surface area (Å²) in [5, 5.41) is 3.36. The van der Waals surface area contributed by atoms with E-state index >= 15 is 0 Å². The number of rotatable bonds is 8. The summed E-state index contributed by atoms with van der Waals surface area (Å²) in [5.41, 5.74) is 2.04. The number of nitrogens with zero attached hydrogens (tertiary/aromatic N) is 1. The highest BCUT2D eigenvalue weighted by Crippen LogP contribution is 2.29. The zero-order valence-electron chi connectivity index (χ0n) is 17.5. The Balaban J connectivity index is 1.95. The van der Waals surface area contributed by atoms with Gasteiger partial charge in [0.25, 0.3) is 10.0 Å². The van der Waals surface area contributed by atoms with Crippen LogP contribution in [0.1, 0.15) is 30.5 Å². The highest BCUT2D eigenvalue weighted by atomic mass is 35.5. The topological polar surface area (TPSA) is 66.5 Å². The Morgan fingerprint density at radius 1 is 1.00 bits per heavy atom. The van der Waals surface area contributed by atoms with Gasteiger partial charge in [0.15, 0.2) is 0 Å². The monoisotopic (exact) mass is 456 g/mol. The molecule has 1 amide bonds. The van der Waals surface area contributed by atoms with Gasteiger partial charge in [-0.1, -0.05) is 73.1 Å². The van der Waals surface area contributed by atoms with Crippen LogP contribution in [-0.2, 0) is 14.8 Å². The summed E-state index contributed by atoms with van der Waals surface area (Å²) < 4.78 is 28.0. The fraction of sp³-hybridized carbons (Fsp3) is 0.208. The Morgan fingerprint density at radius 3 is 2.23 bits per heavy atom. The predicted octanol–water partition coefficient (Wildman–Crippen LogP) is 5.11. The van der Waals surface area contributed by atoms with E-state index < -0.39 is 15.9 Å². The lowest BCUT2D eigenvalue weighted by atomic mass is 10.0. The minimum Gasteiger partial charge on any atom is -0.348 e. The van der Waals surface area contributed by atoms with Crippen LogP contribution < -0.4 is 9.62 Å². The molecule has 3 rings (SSSR count). The number of anilines is 1. The lowest BCUT2D eigenvalue weighted by Crippen LogP contribution is -2.42. The molecule has 0 unspecified atom stereocenters. The van der Waals surface area contributed by atoms with Gasteiger partial charge in [0.2, 0.25) is 5.91 Å². The molecule has 0 fully saturated rings. The third-order valence-corrected chi connectivity index (χ3v) is 7.01. The number of nitrogens with one attached hydrogen (secondary N) is 1. The van der Waals surface area contributed by atoms with E-state index in [0.717, 1.165) is 9.87 Å². The largest absolute Gasteiger partial charge is 0.348 e. The summed E-state index contributed by atoms with van der Waals surface area (Å²) >= 11 is 6.16. The minimum absolute atomic E-state index is 0.109. The summed E-state index contributed by atoms with van der Waals surface area (Å²) in [5.74, 6) is -0.394. The second-order valence-electron chi connectivity index (χ2n) is 7.19. The van der Waals surface area contributed by atoms with Gasteiger partial charge in [-0.3, -0.25) is 9.10 Å². The van der Waals surface area contributed by atoms with E-state index in [4.69, 9.17) is 11.6 Å². The molecular weight excluding hydrogens is 432 g/mol. The van der Waals surface area contributed by atoms with Crippen LogP contribution in [0.5, 0.6) is 0 Å². The molecule has 31 heavy (non-hydrogen) atoms. The fourth-order valence-corrected chi connectivity index (χ4v) is 5.01. The van der Waals surface area contributed by atoms with E-state index in [1.165, 1.54) is 12.1 Å². The maximum atomic E-state index is 13.5. The van der Waals surface area contributed by atoms with Crippen LogP contribution >= 0.6 is 11.6 Å². The summed E-state index contributed by atoms with van der Waals surface area (Å²) in [6.07, 6.45) is 0.678. The first kappa shape index (κ1) is 22.8. The Labute approximate surface area is 188 Å². The standard InChI is InChI=1S/C24H25ClN2O3S/c1-3-22(19-10-6-4-7-11-19)26-24(28)17-27(23-16-20(25)15-14-18(23)2)31(29,30)21-12-8-5-9-13-21/h4-16,22H,3,17H2,1-2H3,(H,26,28)/t22-/m1/s1. The van der Waals surface area contributed by atoms with Crippen LogP contribution in [0.4, 0.5) is 5.69 Å². The van der Waals surface area contributed by atoms with Crippen molar-refractivity contribution in [3.63, 3.8) is 0 Å². The molecule has 7 heteroatoms. The summed E-state index contributed by atoms with van der Waals surface area (Å²) in [4.78, 5) is 13.1. The molecule has 0 bridgehead atoms. The Morgan fingerprint density at radius 2 is 1.61 bits per heavy atom. The quantitative estimate of drug-likeness (QED) is 0.512. The van der Waals surface area contributed by atoms with E-state index in [1.54, 1.807) is 43.3 Å². The van der Waals surface area contributed by atoms with Crippen molar-refractivity contribution in [1.82, 2.24) is 5.32 Å². The molecular formula is C24H25ClN2O3S. The molecule has 0 saturated heterocycles. The number of benzene rings is 3. The summed E-state index contributed by atoms with van der Waals surface area (Å²) in [6, 6.07) is 22.5. The molecule has 0 aromatic heterocycles. The lowest BCUT2D eigenvalue weighted by molar-refractivity contribution is -0.120. The number of carbonyl (C=O) groups is 1. The van der Waals surface area contributed by atoms with Crippen LogP contribution in [0.3, 0.4) is 0 Å². The van der Waals surface area contributed by atoms with Gasteiger partial charge in [-0.15, -0.1) is 0 Å². The average Bonchev–Trinajstić information content (AvgIpc) is 2.78. The zero-order valence-corrected chi connectivity index (χ0v) is 19.0. The first-order valence-electron chi connectivity index (χ1n) is 10.0. The summed E-state index contributed by atoms with van der Waals surface area (Å²) in [6.45, 7) is 3.40. The lowest BCUT2D eigenvalue weighted by Gasteiger charge is -2.27. The predicted molar refractivity (Wildman–Crippen MR) is 125 cm³/mol. The average molecular weight is 457 g/mol. The van der Waals surface area contributed by atoms with Gasteiger partial charge in [-0.25, -0.2) is 8.42 Å². The third-order valence-electron chi connectivity index (χ3n) is 5.00. The number of hydrogen-bond donors (Lipinski definition) is 1. The molecule has 5 nitrogen and oxygen atoms in total. The van der Waals surface area contributed by atoms with Gasteiger partial charge in [0, 0.05) is 5.02 Å². The van der Waals surface area contributed by atoms with Gasteiger partial charge in [0.1, 0.15) is 6.54 Å². The maximum Gasteiger partial charge on any atom is 0.264 e. The zero-order chi connectivity index (χ0) is 22.4. The molecule has 0 heterocycles. The molecule has 0 saturated carbocycles. The SMILES string of the molecule is CC[C@@H](NC(=O)CN(c1cc(Cl)ccc1C)S(=O)(=O)c1ccccc1)c1ccccc1. The van der Waals surface area contributed by atoms with E-state index in [9.17, 15) is 13.2 Å². The smallest absolute Gasteiger partial charge is 0.264 e. The molecule has 0 radical (unpaired) electrons. The van der Waals surface area contributed by atoms with Gasteiger partial charge in [-0.05, 0) is 48.7 Å². The maximum absolute atomic E-state index is 13.5. The Bertz CT molecular complexity index is 1140. The van der Waals surface area contributed by atoms with Crippen molar-refractivity contribution in [3.05, 3.63) is 95.0 Å². The molecule has 0 aliphatic rings. The van der Waals surface area contributed by atoms with Gasteiger partial charge in [0.05, 0.1) is 16.6 Å².